The van der Waals surface area contributed by atoms with E-state index in [1.807, 2.05) is 41.1 Å². The highest BCUT2D eigenvalue weighted by atomic mass is 16.5. The maximum absolute atomic E-state index is 12.9. The molecule has 1 aliphatic heterocycles. The number of hydrogen-bond donors (Lipinski definition) is 0. The SMILES string of the molecule is CCOC(=O)c1nn(Cc2ccccn2)c2c1CN(C(=O)c1ccccc1)CC2. The van der Waals surface area contributed by atoms with Crippen LogP contribution in [0.15, 0.2) is 54.7 Å². The molecule has 0 atom stereocenters. The lowest BCUT2D eigenvalue weighted by Gasteiger charge is -2.28. The molecule has 0 saturated carbocycles. The number of carbonyl (C=O) groups excluding carboxylic acids is 2. The van der Waals surface area contributed by atoms with Crippen molar-refractivity contribution >= 4 is 11.9 Å². The van der Waals surface area contributed by atoms with Gasteiger partial charge in [-0.15, -0.1) is 0 Å². The van der Waals surface area contributed by atoms with Crippen molar-refractivity contribution in [3.05, 3.63) is 82.9 Å². The summed E-state index contributed by atoms with van der Waals surface area (Å²) in [5, 5.41) is 4.54. The first-order chi connectivity index (χ1) is 14.2. The minimum atomic E-state index is -0.461. The normalized spacial score (nSPS) is 13.1. The molecule has 0 bridgehead atoms. The van der Waals surface area contributed by atoms with E-state index in [-0.39, 0.29) is 18.2 Å². The summed E-state index contributed by atoms with van der Waals surface area (Å²) in [5.74, 6) is -0.513. The van der Waals surface area contributed by atoms with Gasteiger partial charge in [-0.1, -0.05) is 24.3 Å². The standard InChI is InChI=1S/C22H22N4O3/c1-2-29-22(28)20-18-15-25(21(27)16-8-4-3-5-9-16)13-11-19(18)26(24-20)14-17-10-6-7-12-23-17/h3-10,12H,2,11,13-15H2,1H3. The maximum Gasteiger partial charge on any atom is 0.359 e. The molecular formula is C22H22N4O3. The van der Waals surface area contributed by atoms with Gasteiger partial charge < -0.3 is 9.64 Å². The van der Waals surface area contributed by atoms with Crippen LogP contribution in [0.4, 0.5) is 0 Å². The molecule has 1 amide bonds. The van der Waals surface area contributed by atoms with E-state index in [2.05, 4.69) is 10.1 Å². The molecule has 4 rings (SSSR count). The minimum absolute atomic E-state index is 0.0523. The summed E-state index contributed by atoms with van der Waals surface area (Å²) < 4.78 is 7.02. The highest BCUT2D eigenvalue weighted by Gasteiger charge is 2.31. The van der Waals surface area contributed by atoms with Gasteiger partial charge in [0.1, 0.15) is 0 Å². The van der Waals surface area contributed by atoms with Crippen molar-refractivity contribution in [2.75, 3.05) is 13.2 Å². The molecule has 3 aromatic rings. The summed E-state index contributed by atoms with van der Waals surface area (Å²) in [6.07, 6.45) is 2.35. The summed E-state index contributed by atoms with van der Waals surface area (Å²) >= 11 is 0. The third kappa shape index (κ3) is 3.89. The fourth-order valence-electron chi connectivity index (χ4n) is 3.57. The van der Waals surface area contributed by atoms with Gasteiger partial charge in [0.05, 0.1) is 25.4 Å². The lowest BCUT2D eigenvalue weighted by atomic mass is 10.0. The molecule has 0 spiro atoms. The molecule has 29 heavy (non-hydrogen) atoms. The van der Waals surface area contributed by atoms with E-state index in [0.717, 1.165) is 17.0 Å². The summed E-state index contributed by atoms with van der Waals surface area (Å²) in [6.45, 7) is 3.40. The van der Waals surface area contributed by atoms with Gasteiger partial charge in [-0.05, 0) is 31.2 Å². The van der Waals surface area contributed by atoms with Crippen LogP contribution in [0, 0.1) is 0 Å². The fraction of sp³-hybridized carbons (Fsp3) is 0.273. The van der Waals surface area contributed by atoms with Crippen molar-refractivity contribution < 1.29 is 14.3 Å². The van der Waals surface area contributed by atoms with E-state index in [0.29, 0.717) is 31.6 Å². The van der Waals surface area contributed by atoms with Gasteiger partial charge in [-0.25, -0.2) is 4.79 Å². The van der Waals surface area contributed by atoms with Gasteiger partial charge in [-0.2, -0.15) is 5.10 Å². The monoisotopic (exact) mass is 390 g/mol. The zero-order valence-electron chi connectivity index (χ0n) is 16.2. The molecule has 0 N–H and O–H groups in total. The Bertz CT molecular complexity index is 1020. The lowest BCUT2D eigenvalue weighted by Crippen LogP contribution is -2.36. The highest BCUT2D eigenvalue weighted by molar-refractivity contribution is 5.95. The molecule has 0 saturated heterocycles. The Morgan fingerprint density at radius 3 is 2.62 bits per heavy atom. The number of benzene rings is 1. The van der Waals surface area contributed by atoms with Gasteiger partial charge in [0.25, 0.3) is 5.91 Å². The van der Waals surface area contributed by atoms with Crippen molar-refractivity contribution in [2.45, 2.75) is 26.4 Å². The van der Waals surface area contributed by atoms with Gasteiger partial charge in [-0.3, -0.25) is 14.5 Å². The number of esters is 1. The van der Waals surface area contributed by atoms with Crippen molar-refractivity contribution in [3.63, 3.8) is 0 Å². The Balaban J connectivity index is 1.66. The van der Waals surface area contributed by atoms with Gasteiger partial charge in [0, 0.05) is 36.0 Å². The molecule has 1 aromatic carbocycles. The van der Waals surface area contributed by atoms with Gasteiger partial charge in [0.15, 0.2) is 5.69 Å². The Kier molecular flexibility index (Phi) is 5.37. The second-order valence-electron chi connectivity index (χ2n) is 6.82. The molecule has 0 radical (unpaired) electrons. The quantitative estimate of drug-likeness (QED) is 0.626. The molecule has 0 fully saturated rings. The average molecular weight is 390 g/mol. The number of pyridine rings is 1. The second-order valence-corrected chi connectivity index (χ2v) is 6.82. The van der Waals surface area contributed by atoms with E-state index in [1.165, 1.54) is 0 Å². The van der Waals surface area contributed by atoms with Crippen LogP contribution in [0.25, 0.3) is 0 Å². The number of carbonyl (C=O) groups is 2. The van der Waals surface area contributed by atoms with Crippen molar-refractivity contribution in [2.24, 2.45) is 0 Å². The van der Waals surface area contributed by atoms with Crippen LogP contribution in [-0.4, -0.2) is 44.7 Å². The summed E-state index contributed by atoms with van der Waals surface area (Å²) in [7, 11) is 0. The number of ether oxygens (including phenoxy) is 1. The van der Waals surface area contributed by atoms with Crippen LogP contribution in [-0.2, 0) is 24.2 Å². The molecular weight excluding hydrogens is 368 g/mol. The molecule has 148 valence electrons. The van der Waals surface area contributed by atoms with E-state index >= 15 is 0 Å². The molecule has 0 aliphatic carbocycles. The van der Waals surface area contributed by atoms with E-state index in [4.69, 9.17) is 4.74 Å². The Labute approximate surface area is 168 Å². The largest absolute Gasteiger partial charge is 0.461 e. The lowest BCUT2D eigenvalue weighted by molar-refractivity contribution is 0.0513. The molecule has 7 heteroatoms. The van der Waals surface area contributed by atoms with Crippen molar-refractivity contribution in [3.8, 4) is 0 Å². The molecule has 0 unspecified atom stereocenters. The predicted molar refractivity (Wildman–Crippen MR) is 106 cm³/mol. The van der Waals surface area contributed by atoms with Gasteiger partial charge in [0.2, 0.25) is 0 Å². The number of hydrogen-bond acceptors (Lipinski definition) is 5. The average Bonchev–Trinajstić information content (AvgIpc) is 3.12. The summed E-state index contributed by atoms with van der Waals surface area (Å²) in [5.41, 5.74) is 3.49. The Morgan fingerprint density at radius 1 is 1.10 bits per heavy atom. The van der Waals surface area contributed by atoms with E-state index in [9.17, 15) is 9.59 Å². The van der Waals surface area contributed by atoms with Crippen LogP contribution < -0.4 is 0 Å². The number of rotatable bonds is 5. The van der Waals surface area contributed by atoms with Crippen LogP contribution in [0.5, 0.6) is 0 Å². The zero-order valence-corrected chi connectivity index (χ0v) is 16.2. The molecule has 7 nitrogen and oxygen atoms in total. The first-order valence-corrected chi connectivity index (χ1v) is 9.67. The van der Waals surface area contributed by atoms with E-state index < -0.39 is 5.97 Å². The van der Waals surface area contributed by atoms with Crippen molar-refractivity contribution in [1.29, 1.82) is 0 Å². The molecule has 3 heterocycles. The van der Waals surface area contributed by atoms with Crippen molar-refractivity contribution in [1.82, 2.24) is 19.7 Å². The maximum atomic E-state index is 12.9. The Morgan fingerprint density at radius 2 is 1.90 bits per heavy atom. The first kappa shape index (κ1) is 18.9. The van der Waals surface area contributed by atoms with Crippen LogP contribution in [0.1, 0.15) is 44.7 Å². The molecule has 1 aliphatic rings. The topological polar surface area (TPSA) is 77.3 Å². The first-order valence-electron chi connectivity index (χ1n) is 9.67. The molecule has 2 aromatic heterocycles. The third-order valence-electron chi connectivity index (χ3n) is 4.95. The highest BCUT2D eigenvalue weighted by Crippen LogP contribution is 2.25. The number of aromatic nitrogens is 3. The number of fused-ring (bicyclic) bond motifs is 1. The van der Waals surface area contributed by atoms with E-state index in [1.54, 1.807) is 30.2 Å². The van der Waals surface area contributed by atoms with Gasteiger partial charge >= 0.3 is 5.97 Å². The summed E-state index contributed by atoms with van der Waals surface area (Å²) in [6, 6.07) is 14.9. The third-order valence-corrected chi connectivity index (χ3v) is 4.95. The number of nitrogens with zero attached hydrogens (tertiary/aromatic N) is 4. The van der Waals surface area contributed by atoms with Crippen LogP contribution in [0.3, 0.4) is 0 Å². The number of amides is 1. The minimum Gasteiger partial charge on any atom is -0.461 e. The van der Waals surface area contributed by atoms with Crippen LogP contribution >= 0.6 is 0 Å². The second kappa shape index (κ2) is 8.26. The zero-order chi connectivity index (χ0) is 20.2. The smallest absolute Gasteiger partial charge is 0.359 e. The predicted octanol–water partition coefficient (Wildman–Crippen LogP) is 2.70. The fourth-order valence-corrected chi connectivity index (χ4v) is 3.57. The van der Waals surface area contributed by atoms with Crippen LogP contribution in [0.2, 0.25) is 0 Å². The summed E-state index contributed by atoms with van der Waals surface area (Å²) in [4.78, 5) is 31.5. The Hall–Kier alpha value is -3.48.